The molecule has 2 heterocycles. The fourth-order valence-corrected chi connectivity index (χ4v) is 3.43. The molecule has 2 aliphatic rings. The molecule has 3 rings (SSSR count). The minimum atomic E-state index is 0.182. The maximum absolute atomic E-state index is 9.10. The molecule has 1 aromatic heterocycles. The van der Waals surface area contributed by atoms with Crippen molar-refractivity contribution in [3.8, 4) is 11.8 Å². The van der Waals surface area contributed by atoms with E-state index in [-0.39, 0.29) is 6.10 Å². The van der Waals surface area contributed by atoms with E-state index in [0.717, 1.165) is 51.6 Å². The second-order valence-electron chi connectivity index (χ2n) is 6.64. The van der Waals surface area contributed by atoms with Gasteiger partial charge in [-0.2, -0.15) is 5.26 Å². The zero-order chi connectivity index (χ0) is 16.1. The van der Waals surface area contributed by atoms with Gasteiger partial charge in [0.05, 0.1) is 18.3 Å². The van der Waals surface area contributed by atoms with Crippen LogP contribution in [0.25, 0.3) is 0 Å². The number of hydrogen-bond acceptors (Lipinski definition) is 5. The monoisotopic (exact) mass is 315 g/mol. The molecule has 1 aliphatic carbocycles. The molecule has 2 fully saturated rings. The molecule has 0 N–H and O–H groups in total. The Bertz CT molecular complexity index is 541. The molecule has 124 valence electrons. The Labute approximate surface area is 138 Å². The fourth-order valence-electron chi connectivity index (χ4n) is 3.43. The zero-order valence-electron chi connectivity index (χ0n) is 13.8. The summed E-state index contributed by atoms with van der Waals surface area (Å²) in [4.78, 5) is 6.33. The molecule has 23 heavy (non-hydrogen) atoms. The minimum Gasteiger partial charge on any atom is -0.489 e. The van der Waals surface area contributed by atoms with Crippen LogP contribution >= 0.6 is 0 Å². The summed E-state index contributed by atoms with van der Waals surface area (Å²) in [7, 11) is 2.17. The van der Waals surface area contributed by atoms with Gasteiger partial charge >= 0.3 is 0 Å². The van der Waals surface area contributed by atoms with Gasteiger partial charge in [-0.15, -0.1) is 0 Å². The molecule has 0 atom stereocenters. The van der Waals surface area contributed by atoms with Crippen molar-refractivity contribution in [1.29, 1.82) is 5.26 Å². The molecule has 1 saturated heterocycles. The maximum Gasteiger partial charge on any atom is 0.140 e. The van der Waals surface area contributed by atoms with Crippen molar-refractivity contribution in [2.75, 3.05) is 20.1 Å². The van der Waals surface area contributed by atoms with Crippen LogP contribution in [0.3, 0.4) is 0 Å². The van der Waals surface area contributed by atoms with Crippen LogP contribution in [0, 0.1) is 11.3 Å². The topological polar surface area (TPSA) is 58.4 Å². The van der Waals surface area contributed by atoms with Gasteiger partial charge < -0.3 is 14.4 Å². The first-order valence-electron chi connectivity index (χ1n) is 8.59. The highest BCUT2D eigenvalue weighted by atomic mass is 16.5. The summed E-state index contributed by atoms with van der Waals surface area (Å²) in [6.07, 6.45) is 10.6. The number of ether oxygens (including phenoxy) is 2. The van der Waals surface area contributed by atoms with Crippen LogP contribution in [0.5, 0.6) is 5.75 Å². The van der Waals surface area contributed by atoms with Gasteiger partial charge in [0.1, 0.15) is 17.4 Å². The molecule has 1 saturated carbocycles. The number of pyridine rings is 1. The summed E-state index contributed by atoms with van der Waals surface area (Å²) >= 11 is 0. The number of nitrogens with zero attached hydrogens (tertiary/aromatic N) is 3. The smallest absolute Gasteiger partial charge is 0.140 e. The van der Waals surface area contributed by atoms with Crippen molar-refractivity contribution < 1.29 is 9.47 Å². The van der Waals surface area contributed by atoms with Gasteiger partial charge in [0.2, 0.25) is 0 Å². The lowest BCUT2D eigenvalue weighted by atomic mass is 9.94. The second kappa shape index (κ2) is 7.76. The number of likely N-dealkylation sites (tertiary alicyclic amines) is 1. The van der Waals surface area contributed by atoms with Gasteiger partial charge in [0, 0.05) is 25.5 Å². The van der Waals surface area contributed by atoms with E-state index < -0.39 is 0 Å². The summed E-state index contributed by atoms with van der Waals surface area (Å²) in [6.45, 7) is 2.28. The van der Waals surface area contributed by atoms with Crippen LogP contribution in [0.2, 0.25) is 0 Å². The molecular weight excluding hydrogens is 290 g/mol. The fraction of sp³-hybridized carbons (Fsp3) is 0.667. The number of nitriles is 1. The third kappa shape index (κ3) is 4.43. The van der Waals surface area contributed by atoms with Crippen molar-refractivity contribution in [2.45, 2.75) is 56.8 Å². The Morgan fingerprint density at radius 2 is 1.74 bits per heavy atom. The molecule has 1 aromatic rings. The normalized spacial score (nSPS) is 26.6. The van der Waals surface area contributed by atoms with Crippen LogP contribution < -0.4 is 4.74 Å². The Balaban J connectivity index is 1.44. The van der Waals surface area contributed by atoms with Crippen molar-refractivity contribution >= 4 is 0 Å². The van der Waals surface area contributed by atoms with Crippen molar-refractivity contribution in [2.24, 2.45) is 0 Å². The summed E-state index contributed by atoms with van der Waals surface area (Å²) in [5.41, 5.74) is 0.511. The van der Waals surface area contributed by atoms with Gasteiger partial charge in [0.15, 0.2) is 0 Å². The highest BCUT2D eigenvalue weighted by Crippen LogP contribution is 2.28. The first-order chi connectivity index (χ1) is 11.2. The van der Waals surface area contributed by atoms with E-state index in [1.165, 1.54) is 0 Å². The van der Waals surface area contributed by atoms with Gasteiger partial charge in [-0.3, -0.25) is 4.98 Å². The van der Waals surface area contributed by atoms with Crippen LogP contribution in [0.4, 0.5) is 0 Å². The molecule has 0 spiro atoms. The number of rotatable bonds is 4. The Morgan fingerprint density at radius 3 is 2.43 bits per heavy atom. The van der Waals surface area contributed by atoms with Crippen LogP contribution in [-0.2, 0) is 4.74 Å². The number of hydrogen-bond donors (Lipinski definition) is 0. The van der Waals surface area contributed by atoms with E-state index in [2.05, 4.69) is 23.0 Å². The predicted molar refractivity (Wildman–Crippen MR) is 87.2 cm³/mol. The Morgan fingerprint density at radius 1 is 1.09 bits per heavy atom. The molecule has 0 amide bonds. The zero-order valence-corrected chi connectivity index (χ0v) is 13.8. The lowest BCUT2D eigenvalue weighted by Crippen LogP contribution is -2.37. The lowest BCUT2D eigenvalue weighted by Gasteiger charge is -2.35. The van der Waals surface area contributed by atoms with E-state index in [4.69, 9.17) is 14.7 Å². The average molecular weight is 315 g/mol. The summed E-state index contributed by atoms with van der Waals surface area (Å²) in [6, 6.07) is 3.91. The highest BCUT2D eigenvalue weighted by molar-refractivity contribution is 5.40. The highest BCUT2D eigenvalue weighted by Gasteiger charge is 2.27. The molecule has 0 aromatic carbocycles. The molecular formula is C18H25N3O2. The van der Waals surface area contributed by atoms with E-state index in [0.29, 0.717) is 23.5 Å². The largest absolute Gasteiger partial charge is 0.489 e. The number of piperidine rings is 1. The maximum atomic E-state index is 9.10. The van der Waals surface area contributed by atoms with Crippen LogP contribution in [-0.4, -0.2) is 48.3 Å². The molecule has 5 nitrogen and oxygen atoms in total. The van der Waals surface area contributed by atoms with E-state index in [9.17, 15) is 0 Å². The van der Waals surface area contributed by atoms with E-state index in [1.807, 2.05) is 0 Å². The third-order valence-electron chi connectivity index (χ3n) is 4.87. The predicted octanol–water partition coefficient (Wildman–Crippen LogP) is 2.75. The molecule has 1 aliphatic heterocycles. The van der Waals surface area contributed by atoms with E-state index >= 15 is 0 Å². The molecule has 0 unspecified atom stereocenters. The van der Waals surface area contributed by atoms with Gasteiger partial charge in [-0.25, -0.2) is 0 Å². The van der Waals surface area contributed by atoms with Crippen LogP contribution in [0.1, 0.15) is 44.1 Å². The molecule has 5 heteroatoms. The molecule has 0 bridgehead atoms. The van der Waals surface area contributed by atoms with Crippen molar-refractivity contribution in [3.63, 3.8) is 0 Å². The summed E-state index contributed by atoms with van der Waals surface area (Å²) in [5, 5.41) is 9.10. The Kier molecular flexibility index (Phi) is 5.47. The first-order valence-corrected chi connectivity index (χ1v) is 8.59. The van der Waals surface area contributed by atoms with Gasteiger partial charge in [-0.05, 0) is 51.6 Å². The van der Waals surface area contributed by atoms with Gasteiger partial charge in [-0.1, -0.05) is 0 Å². The summed E-state index contributed by atoms with van der Waals surface area (Å²) in [5.74, 6) is 0.655. The molecule has 0 radical (unpaired) electrons. The summed E-state index contributed by atoms with van der Waals surface area (Å²) < 4.78 is 12.3. The SMILES string of the molecule is CN1CCC(OC2CCC(Oc3ccncc3C#N)CC2)CC1. The standard InChI is InChI=1S/C18H25N3O2/c1-21-10-7-17(8-11-21)22-15-2-4-16(5-3-15)23-18-6-9-20-13-14(18)12-19/h6,9,13,15-17H,2-5,7-8,10-11H2,1H3. The van der Waals surface area contributed by atoms with E-state index in [1.54, 1.807) is 18.5 Å². The van der Waals surface area contributed by atoms with Crippen molar-refractivity contribution in [3.05, 3.63) is 24.0 Å². The minimum absolute atomic E-state index is 0.182. The van der Waals surface area contributed by atoms with Gasteiger partial charge in [0.25, 0.3) is 0 Å². The lowest BCUT2D eigenvalue weighted by molar-refractivity contribution is -0.0643. The number of aromatic nitrogens is 1. The second-order valence-corrected chi connectivity index (χ2v) is 6.64. The quantitative estimate of drug-likeness (QED) is 0.855. The first kappa shape index (κ1) is 16.2. The average Bonchev–Trinajstić information content (AvgIpc) is 2.59. The Hall–Kier alpha value is -1.64. The third-order valence-corrected chi connectivity index (χ3v) is 4.87. The van der Waals surface area contributed by atoms with Crippen LogP contribution in [0.15, 0.2) is 18.5 Å². The van der Waals surface area contributed by atoms with Crippen molar-refractivity contribution in [1.82, 2.24) is 9.88 Å².